The number of rotatable bonds is 9. The number of carbonyl (C=O) groups is 1. The van der Waals surface area contributed by atoms with E-state index in [9.17, 15) is 9.18 Å². The second-order valence-corrected chi connectivity index (χ2v) is 16.2. The van der Waals surface area contributed by atoms with Gasteiger partial charge in [0.1, 0.15) is 24.2 Å². The summed E-state index contributed by atoms with van der Waals surface area (Å²) in [6.45, 7) is 13.5. The zero-order valence-corrected chi connectivity index (χ0v) is 28.8. The molecule has 2 spiro atoms. The highest BCUT2D eigenvalue weighted by atomic mass is 19.1. The van der Waals surface area contributed by atoms with Gasteiger partial charge < -0.3 is 14.5 Å². The lowest BCUT2D eigenvalue weighted by Gasteiger charge is -2.66. The Labute approximate surface area is 287 Å². The van der Waals surface area contributed by atoms with Crippen molar-refractivity contribution in [2.45, 2.75) is 82.8 Å². The summed E-state index contributed by atoms with van der Waals surface area (Å²) < 4.78 is 21.0. The van der Waals surface area contributed by atoms with E-state index < -0.39 is 0 Å². The zero-order valence-electron chi connectivity index (χ0n) is 28.8. The van der Waals surface area contributed by atoms with Crippen LogP contribution in [-0.4, -0.2) is 109 Å². The Morgan fingerprint density at radius 2 is 1.82 bits per heavy atom. The van der Waals surface area contributed by atoms with Crippen molar-refractivity contribution in [1.82, 2.24) is 39.8 Å². The van der Waals surface area contributed by atoms with E-state index in [1.54, 1.807) is 25.5 Å². The summed E-state index contributed by atoms with van der Waals surface area (Å²) in [5, 5.41) is 8.44. The molecule has 9 rings (SSSR count). The Kier molecular flexibility index (Phi) is 7.43. The fraction of sp³-hybridized carbons (Fsp3) is 0.622. The van der Waals surface area contributed by atoms with Gasteiger partial charge in [0.05, 0.1) is 11.2 Å². The molecule has 0 bridgehead atoms. The normalized spacial score (nSPS) is 26.3. The van der Waals surface area contributed by atoms with Crippen LogP contribution in [-0.2, 0) is 4.79 Å². The predicted octanol–water partition coefficient (Wildman–Crippen LogP) is 4.76. The van der Waals surface area contributed by atoms with Gasteiger partial charge in [-0.2, -0.15) is 0 Å². The quantitative estimate of drug-likeness (QED) is 0.318. The second-order valence-electron chi connectivity index (χ2n) is 16.2. The molecule has 2 aromatic heterocycles. The molecule has 6 fully saturated rings. The first-order valence-electron chi connectivity index (χ1n) is 18.2. The van der Waals surface area contributed by atoms with Gasteiger partial charge in [-0.15, -0.1) is 10.2 Å². The van der Waals surface area contributed by atoms with Crippen molar-refractivity contribution in [2.24, 2.45) is 17.3 Å². The van der Waals surface area contributed by atoms with Gasteiger partial charge in [0, 0.05) is 93.5 Å². The smallest absolute Gasteiger partial charge is 0.282 e. The maximum atomic E-state index is 14.6. The highest BCUT2D eigenvalue weighted by Crippen LogP contribution is 2.51. The van der Waals surface area contributed by atoms with Crippen LogP contribution in [0.3, 0.4) is 0 Å². The second kappa shape index (κ2) is 11.7. The van der Waals surface area contributed by atoms with Gasteiger partial charge in [-0.3, -0.25) is 14.6 Å². The summed E-state index contributed by atoms with van der Waals surface area (Å²) in [5.41, 5.74) is 2.70. The molecule has 6 aliphatic rings. The van der Waals surface area contributed by atoms with Crippen LogP contribution in [0.4, 0.5) is 10.2 Å². The van der Waals surface area contributed by atoms with Gasteiger partial charge in [-0.1, -0.05) is 13.8 Å². The topological polar surface area (TPSA) is 104 Å². The minimum Gasteiger partial charge on any atom is -0.434 e. The molecular formula is C37H46FN9O2. The predicted molar refractivity (Wildman–Crippen MR) is 182 cm³/mol. The number of hydrogen-bond acceptors (Lipinski definition) is 10. The summed E-state index contributed by atoms with van der Waals surface area (Å²) in [6, 6.07) is 5.81. The molecule has 2 saturated carbocycles. The van der Waals surface area contributed by atoms with E-state index in [1.807, 2.05) is 0 Å². The first kappa shape index (κ1) is 31.2. The largest absolute Gasteiger partial charge is 0.434 e. The SMILES string of the molecule is CC(=O)N1CCC12CN(C1CC([C@@H](C(C)C)N3CC4(CCN(c5ncnnc5Oc5ccc(F)cc5-c5cncnc5C5CC5)C4)C3)C1)C2. The number of benzene rings is 1. The molecule has 1 aromatic carbocycles. The highest BCUT2D eigenvalue weighted by molar-refractivity contribution is 5.76. The molecule has 258 valence electrons. The van der Waals surface area contributed by atoms with Crippen LogP contribution in [0.1, 0.15) is 70.9 Å². The molecule has 12 heteroatoms. The number of anilines is 1. The maximum Gasteiger partial charge on any atom is 0.282 e. The third-order valence-electron chi connectivity index (χ3n) is 12.5. The minimum atomic E-state index is -0.345. The van der Waals surface area contributed by atoms with Crippen molar-refractivity contribution in [3.8, 4) is 22.8 Å². The molecule has 3 aromatic rings. The van der Waals surface area contributed by atoms with Crippen molar-refractivity contribution in [2.75, 3.05) is 50.7 Å². The average molecular weight is 668 g/mol. The van der Waals surface area contributed by atoms with E-state index in [2.05, 4.69) is 58.6 Å². The molecule has 0 N–H and O–H groups in total. The van der Waals surface area contributed by atoms with Gasteiger partial charge in [0.15, 0.2) is 5.82 Å². The van der Waals surface area contributed by atoms with E-state index in [4.69, 9.17) is 4.74 Å². The van der Waals surface area contributed by atoms with E-state index in [0.717, 1.165) is 88.7 Å². The number of halogens is 1. The molecule has 4 aliphatic heterocycles. The number of ether oxygens (including phenoxy) is 1. The first-order valence-corrected chi connectivity index (χ1v) is 18.2. The number of hydrogen-bond donors (Lipinski definition) is 0. The fourth-order valence-corrected chi connectivity index (χ4v) is 9.88. The molecule has 4 saturated heterocycles. The molecule has 49 heavy (non-hydrogen) atoms. The highest BCUT2D eigenvalue weighted by Gasteiger charge is 2.58. The number of likely N-dealkylation sites (tertiary alicyclic amines) is 3. The Hall–Kier alpha value is -3.77. The number of carbonyl (C=O) groups excluding carboxylic acids is 1. The molecule has 0 radical (unpaired) electrons. The number of nitrogens with zero attached hydrogens (tertiary/aromatic N) is 9. The Morgan fingerprint density at radius 3 is 2.53 bits per heavy atom. The lowest BCUT2D eigenvalue weighted by atomic mass is 9.66. The van der Waals surface area contributed by atoms with Crippen LogP contribution in [0, 0.1) is 23.1 Å². The van der Waals surface area contributed by atoms with Gasteiger partial charge in [-0.05, 0) is 68.6 Å². The van der Waals surface area contributed by atoms with Crippen LogP contribution < -0.4 is 9.64 Å². The number of amides is 1. The van der Waals surface area contributed by atoms with Crippen molar-refractivity contribution in [1.29, 1.82) is 0 Å². The minimum absolute atomic E-state index is 0.147. The Balaban J connectivity index is 0.849. The van der Waals surface area contributed by atoms with E-state index in [-0.39, 0.29) is 22.7 Å². The van der Waals surface area contributed by atoms with Crippen molar-refractivity contribution in [3.63, 3.8) is 0 Å². The van der Waals surface area contributed by atoms with Crippen LogP contribution in [0.5, 0.6) is 11.6 Å². The third-order valence-corrected chi connectivity index (χ3v) is 12.5. The molecule has 2 aliphatic carbocycles. The monoisotopic (exact) mass is 667 g/mol. The van der Waals surface area contributed by atoms with Gasteiger partial charge in [0.25, 0.3) is 5.88 Å². The van der Waals surface area contributed by atoms with Gasteiger partial charge in [-0.25, -0.2) is 19.3 Å². The summed E-state index contributed by atoms with van der Waals surface area (Å²) in [4.78, 5) is 35.2. The van der Waals surface area contributed by atoms with Crippen LogP contribution in [0.15, 0.2) is 37.1 Å². The van der Waals surface area contributed by atoms with Crippen molar-refractivity contribution in [3.05, 3.63) is 48.6 Å². The van der Waals surface area contributed by atoms with E-state index >= 15 is 0 Å². The van der Waals surface area contributed by atoms with Crippen LogP contribution in [0.2, 0.25) is 0 Å². The molecule has 6 heterocycles. The molecule has 11 nitrogen and oxygen atoms in total. The Bertz CT molecular complexity index is 1750. The fourth-order valence-electron chi connectivity index (χ4n) is 9.88. The zero-order chi connectivity index (χ0) is 33.5. The maximum absolute atomic E-state index is 14.6. The lowest BCUT2D eigenvalue weighted by Crippen LogP contribution is -2.79. The summed E-state index contributed by atoms with van der Waals surface area (Å²) in [5.74, 6) is 3.09. The summed E-state index contributed by atoms with van der Waals surface area (Å²) in [7, 11) is 0. The average Bonchev–Trinajstić information content (AvgIpc) is 3.76. The van der Waals surface area contributed by atoms with E-state index in [1.165, 1.54) is 31.3 Å². The Morgan fingerprint density at radius 1 is 1.00 bits per heavy atom. The molecule has 1 atom stereocenters. The van der Waals surface area contributed by atoms with Gasteiger partial charge in [0.2, 0.25) is 5.91 Å². The van der Waals surface area contributed by atoms with Crippen molar-refractivity contribution >= 4 is 11.7 Å². The summed E-state index contributed by atoms with van der Waals surface area (Å²) >= 11 is 0. The molecule has 0 unspecified atom stereocenters. The molecule has 1 amide bonds. The third kappa shape index (κ3) is 5.37. The van der Waals surface area contributed by atoms with Crippen LogP contribution >= 0.6 is 0 Å². The number of aromatic nitrogens is 5. The van der Waals surface area contributed by atoms with E-state index in [0.29, 0.717) is 46.9 Å². The van der Waals surface area contributed by atoms with Gasteiger partial charge >= 0.3 is 0 Å². The summed E-state index contributed by atoms with van der Waals surface area (Å²) in [6.07, 6.45) is 11.7. The molecular weight excluding hydrogens is 621 g/mol. The lowest BCUT2D eigenvalue weighted by molar-refractivity contribution is -0.177. The van der Waals surface area contributed by atoms with Crippen LogP contribution in [0.25, 0.3) is 11.1 Å². The first-order chi connectivity index (χ1) is 23.7. The standard InChI is InChI=1S/C37H46FN9O2/c1-23(2)33(26-12-28(13-26)45-19-37(20-45)9-11-47(37)24(3)48)46-17-36(18-46)8-10-44(16-36)34-35(43-42-22-41-34)49-31-7-6-27(38)14-29(31)30-15-39-21-40-32(30)25-4-5-25/h6-7,14-15,21-23,25-26,28,33H,4-5,8-13,16-20H2,1-3H3/t26?,28?,33-/m1/s1. The van der Waals surface area contributed by atoms with Crippen molar-refractivity contribution < 1.29 is 13.9 Å².